The molecule has 3 aromatic rings. The van der Waals surface area contributed by atoms with Crippen molar-refractivity contribution in [2.75, 3.05) is 18.4 Å². The van der Waals surface area contributed by atoms with Crippen LogP contribution in [0, 0.1) is 5.82 Å². The Bertz CT molecular complexity index is 1070. The quantitative estimate of drug-likeness (QED) is 0.527. The Kier molecular flexibility index (Phi) is 5.69. The molecule has 2 aromatic carbocycles. The average molecular weight is 435 g/mol. The molecule has 29 heavy (non-hydrogen) atoms. The van der Waals surface area contributed by atoms with Crippen molar-refractivity contribution in [3.05, 3.63) is 52.5 Å². The first-order chi connectivity index (χ1) is 14.0. The van der Waals surface area contributed by atoms with E-state index in [1.165, 1.54) is 18.5 Å². The molecule has 1 fully saturated rings. The van der Waals surface area contributed by atoms with Gasteiger partial charge in [0.25, 0.3) is 0 Å². The molecule has 0 bridgehead atoms. The molecular weight excluding hydrogens is 418 g/mol. The van der Waals surface area contributed by atoms with E-state index in [0.29, 0.717) is 35.6 Å². The fourth-order valence-electron chi connectivity index (χ4n) is 3.19. The second-order valence-corrected chi connectivity index (χ2v) is 7.45. The molecule has 1 amide bonds. The summed E-state index contributed by atoms with van der Waals surface area (Å²) in [6, 6.07) is 7.99. The number of ether oxygens (including phenoxy) is 1. The number of likely N-dealkylation sites (tertiary alicyclic amines) is 1. The molecule has 1 N–H and O–H groups in total. The lowest BCUT2D eigenvalue weighted by atomic mass is 10.1. The summed E-state index contributed by atoms with van der Waals surface area (Å²) in [5, 5.41) is 3.42. The number of fused-ring (bicyclic) bond motifs is 1. The fraction of sp³-hybridized carbons (Fsp3) is 0.250. The van der Waals surface area contributed by atoms with E-state index >= 15 is 0 Å². The SMILES string of the molecule is O=C(Oc1ccc2ncnc(Nc3ccc(Cl)c(Cl)c3F)c2c1)N1CCCCC1. The third-order valence-corrected chi connectivity index (χ3v) is 5.50. The Hall–Kier alpha value is -2.64. The van der Waals surface area contributed by atoms with Crippen molar-refractivity contribution in [1.29, 1.82) is 0 Å². The number of aromatic nitrogens is 2. The number of anilines is 2. The van der Waals surface area contributed by atoms with Crippen molar-refractivity contribution < 1.29 is 13.9 Å². The van der Waals surface area contributed by atoms with Crippen molar-refractivity contribution in [2.45, 2.75) is 19.3 Å². The van der Waals surface area contributed by atoms with Gasteiger partial charge in [-0.15, -0.1) is 0 Å². The number of halogens is 3. The van der Waals surface area contributed by atoms with E-state index in [0.717, 1.165) is 19.3 Å². The van der Waals surface area contributed by atoms with Gasteiger partial charge in [-0.3, -0.25) is 0 Å². The topological polar surface area (TPSA) is 67.3 Å². The Balaban J connectivity index is 1.62. The number of carbonyl (C=O) groups excluding carboxylic acids is 1. The molecule has 0 aliphatic carbocycles. The minimum atomic E-state index is -0.682. The molecule has 1 saturated heterocycles. The molecular formula is C20H17Cl2FN4O2. The molecule has 2 heterocycles. The highest BCUT2D eigenvalue weighted by molar-refractivity contribution is 6.42. The summed E-state index contributed by atoms with van der Waals surface area (Å²) < 4.78 is 19.9. The monoisotopic (exact) mass is 434 g/mol. The van der Waals surface area contributed by atoms with Crippen LogP contribution in [-0.2, 0) is 0 Å². The molecule has 1 aromatic heterocycles. The van der Waals surface area contributed by atoms with E-state index in [-0.39, 0.29) is 21.8 Å². The van der Waals surface area contributed by atoms with Crippen LogP contribution in [0.4, 0.5) is 20.7 Å². The smallest absolute Gasteiger partial charge is 0.410 e. The Morgan fingerprint density at radius 1 is 1.10 bits per heavy atom. The number of benzene rings is 2. The molecule has 150 valence electrons. The molecule has 0 unspecified atom stereocenters. The van der Waals surface area contributed by atoms with Crippen LogP contribution in [0.5, 0.6) is 5.75 Å². The van der Waals surface area contributed by atoms with E-state index in [4.69, 9.17) is 27.9 Å². The second-order valence-electron chi connectivity index (χ2n) is 6.66. The van der Waals surface area contributed by atoms with Crippen molar-refractivity contribution >= 4 is 51.7 Å². The molecule has 1 aliphatic rings. The predicted molar refractivity (Wildman–Crippen MR) is 111 cm³/mol. The lowest BCUT2D eigenvalue weighted by Crippen LogP contribution is -2.37. The van der Waals surface area contributed by atoms with Crippen LogP contribution >= 0.6 is 23.2 Å². The minimum absolute atomic E-state index is 0.120. The van der Waals surface area contributed by atoms with Crippen LogP contribution in [0.15, 0.2) is 36.7 Å². The molecule has 0 spiro atoms. The van der Waals surface area contributed by atoms with Gasteiger partial charge in [0.2, 0.25) is 0 Å². The van der Waals surface area contributed by atoms with E-state index in [1.807, 2.05) is 0 Å². The van der Waals surface area contributed by atoms with Gasteiger partial charge in [0.05, 0.1) is 21.2 Å². The van der Waals surface area contributed by atoms with Gasteiger partial charge in [-0.1, -0.05) is 23.2 Å². The van der Waals surface area contributed by atoms with Crippen LogP contribution < -0.4 is 10.1 Å². The number of nitrogens with zero attached hydrogens (tertiary/aromatic N) is 3. The molecule has 4 rings (SSSR count). The third kappa shape index (κ3) is 4.21. The zero-order valence-corrected chi connectivity index (χ0v) is 16.8. The van der Waals surface area contributed by atoms with Crippen LogP contribution in [-0.4, -0.2) is 34.1 Å². The summed E-state index contributed by atoms with van der Waals surface area (Å²) in [7, 11) is 0. The van der Waals surface area contributed by atoms with Gasteiger partial charge in [0.1, 0.15) is 17.9 Å². The van der Waals surface area contributed by atoms with E-state index < -0.39 is 5.82 Å². The number of nitrogens with one attached hydrogen (secondary N) is 1. The standard InChI is InChI=1S/C20H17Cl2FN4O2/c21-14-5-7-16(18(23)17(14)22)26-19-13-10-12(4-6-15(13)24-11-25-19)29-20(28)27-8-2-1-3-9-27/h4-7,10-11H,1-3,8-9H2,(H,24,25,26). The summed E-state index contributed by atoms with van der Waals surface area (Å²) in [5.74, 6) is 0.0299. The highest BCUT2D eigenvalue weighted by Gasteiger charge is 2.19. The Labute approximate surface area is 176 Å². The summed E-state index contributed by atoms with van der Waals surface area (Å²) in [4.78, 5) is 22.5. The Morgan fingerprint density at radius 2 is 1.90 bits per heavy atom. The molecule has 0 atom stereocenters. The van der Waals surface area contributed by atoms with Crippen LogP contribution in [0.3, 0.4) is 0 Å². The normalized spacial score (nSPS) is 14.1. The molecule has 6 nitrogen and oxygen atoms in total. The second kappa shape index (κ2) is 8.39. The van der Waals surface area contributed by atoms with Gasteiger partial charge >= 0.3 is 6.09 Å². The van der Waals surface area contributed by atoms with Crippen molar-refractivity contribution in [2.24, 2.45) is 0 Å². The lowest BCUT2D eigenvalue weighted by Gasteiger charge is -2.25. The third-order valence-electron chi connectivity index (χ3n) is 4.71. The average Bonchev–Trinajstić information content (AvgIpc) is 2.75. The molecule has 0 radical (unpaired) electrons. The number of carbonyl (C=O) groups is 1. The van der Waals surface area contributed by atoms with Crippen molar-refractivity contribution in [3.8, 4) is 5.75 Å². The summed E-state index contributed by atoms with van der Waals surface area (Å²) in [6.07, 6.45) is 4.05. The number of hydrogen-bond acceptors (Lipinski definition) is 5. The van der Waals surface area contributed by atoms with Gasteiger partial charge in [-0.2, -0.15) is 0 Å². The number of rotatable bonds is 3. The number of amides is 1. The highest BCUT2D eigenvalue weighted by Crippen LogP contribution is 2.33. The van der Waals surface area contributed by atoms with Gasteiger partial charge in [0.15, 0.2) is 5.82 Å². The molecule has 1 aliphatic heterocycles. The minimum Gasteiger partial charge on any atom is -0.410 e. The highest BCUT2D eigenvalue weighted by atomic mass is 35.5. The van der Waals surface area contributed by atoms with E-state index in [9.17, 15) is 9.18 Å². The number of hydrogen-bond donors (Lipinski definition) is 1. The van der Waals surface area contributed by atoms with Crippen molar-refractivity contribution in [1.82, 2.24) is 14.9 Å². The maximum absolute atomic E-state index is 14.4. The van der Waals surface area contributed by atoms with E-state index in [1.54, 1.807) is 23.1 Å². The summed E-state index contributed by atoms with van der Waals surface area (Å²) in [6.45, 7) is 1.39. The van der Waals surface area contributed by atoms with Crippen LogP contribution in [0.25, 0.3) is 10.9 Å². The van der Waals surface area contributed by atoms with Gasteiger partial charge in [0, 0.05) is 18.5 Å². The van der Waals surface area contributed by atoms with Gasteiger partial charge < -0.3 is 15.0 Å². The first-order valence-corrected chi connectivity index (χ1v) is 9.90. The van der Waals surface area contributed by atoms with Crippen LogP contribution in [0.2, 0.25) is 10.0 Å². The molecule has 9 heteroatoms. The van der Waals surface area contributed by atoms with Gasteiger partial charge in [-0.05, 0) is 49.6 Å². The Morgan fingerprint density at radius 3 is 2.69 bits per heavy atom. The fourth-order valence-corrected chi connectivity index (χ4v) is 3.50. The zero-order chi connectivity index (χ0) is 20.4. The predicted octanol–water partition coefficient (Wildman–Crippen LogP) is 5.80. The van der Waals surface area contributed by atoms with E-state index in [2.05, 4.69) is 15.3 Å². The first kappa shape index (κ1) is 19.7. The lowest BCUT2D eigenvalue weighted by molar-refractivity contribution is 0.142. The number of piperidine rings is 1. The molecule has 0 saturated carbocycles. The van der Waals surface area contributed by atoms with Crippen LogP contribution in [0.1, 0.15) is 19.3 Å². The largest absolute Gasteiger partial charge is 0.415 e. The maximum Gasteiger partial charge on any atom is 0.415 e. The first-order valence-electron chi connectivity index (χ1n) is 9.15. The maximum atomic E-state index is 14.4. The van der Waals surface area contributed by atoms with Crippen molar-refractivity contribution in [3.63, 3.8) is 0 Å². The summed E-state index contributed by atoms with van der Waals surface area (Å²) >= 11 is 11.7. The van der Waals surface area contributed by atoms with Gasteiger partial charge in [-0.25, -0.2) is 19.2 Å². The summed E-state index contributed by atoms with van der Waals surface area (Å²) in [5.41, 5.74) is 0.732. The zero-order valence-electron chi connectivity index (χ0n) is 15.3.